The molecule has 0 spiro atoms. The molecule has 0 aromatic carbocycles. The van der Waals surface area contributed by atoms with Gasteiger partial charge in [0, 0.05) is 31.7 Å². The molecule has 3 aliphatic rings. The predicted molar refractivity (Wildman–Crippen MR) is 71.2 cm³/mol. The Morgan fingerprint density at radius 3 is 2.22 bits per heavy atom. The first-order chi connectivity index (χ1) is 8.75. The second kappa shape index (κ2) is 5.17. The second-order valence-electron chi connectivity index (χ2n) is 6.13. The summed E-state index contributed by atoms with van der Waals surface area (Å²) < 4.78 is 0. The van der Waals surface area contributed by atoms with E-state index < -0.39 is 0 Å². The molecule has 2 N–H and O–H groups in total. The Morgan fingerprint density at radius 2 is 1.61 bits per heavy atom. The summed E-state index contributed by atoms with van der Waals surface area (Å²) in [5.41, 5.74) is 5.88. The molecule has 4 nitrogen and oxygen atoms in total. The number of carbonyl (C=O) groups excluding carboxylic acids is 1. The number of hydrogen-bond acceptors (Lipinski definition) is 3. The number of likely N-dealkylation sites (tertiary alicyclic amines) is 2. The first-order valence-electron chi connectivity index (χ1n) is 7.56. The van der Waals surface area contributed by atoms with Gasteiger partial charge in [0.05, 0.1) is 6.04 Å². The minimum absolute atomic E-state index is 0.198. The Labute approximate surface area is 109 Å². The third kappa shape index (κ3) is 2.28. The van der Waals surface area contributed by atoms with Crippen molar-refractivity contribution in [2.75, 3.05) is 19.6 Å². The lowest BCUT2D eigenvalue weighted by molar-refractivity contribution is -0.138. The summed E-state index contributed by atoms with van der Waals surface area (Å²) in [6, 6.07) is 1.08. The summed E-state index contributed by atoms with van der Waals surface area (Å²) in [6.07, 6.45) is 8.43. The van der Waals surface area contributed by atoms with Gasteiger partial charge in [-0.3, -0.25) is 4.79 Å². The summed E-state index contributed by atoms with van der Waals surface area (Å²) in [6.45, 7) is 3.28. The number of amides is 1. The fourth-order valence-corrected chi connectivity index (χ4v) is 3.61. The van der Waals surface area contributed by atoms with E-state index >= 15 is 0 Å². The van der Waals surface area contributed by atoms with Gasteiger partial charge in [-0.2, -0.15) is 0 Å². The van der Waals surface area contributed by atoms with E-state index in [9.17, 15) is 4.79 Å². The van der Waals surface area contributed by atoms with E-state index in [0.29, 0.717) is 6.04 Å². The molecule has 1 saturated carbocycles. The molecular weight excluding hydrogens is 226 g/mol. The molecule has 0 aromatic heterocycles. The number of nitrogens with two attached hydrogens (primary N) is 1. The van der Waals surface area contributed by atoms with Crippen LogP contribution in [0.2, 0.25) is 0 Å². The topological polar surface area (TPSA) is 49.6 Å². The molecule has 1 aliphatic carbocycles. The van der Waals surface area contributed by atoms with E-state index in [1.165, 1.54) is 32.4 Å². The Morgan fingerprint density at radius 1 is 0.889 bits per heavy atom. The van der Waals surface area contributed by atoms with E-state index in [2.05, 4.69) is 9.80 Å². The highest BCUT2D eigenvalue weighted by molar-refractivity contribution is 5.82. The van der Waals surface area contributed by atoms with Crippen LogP contribution in [0.3, 0.4) is 0 Å². The quantitative estimate of drug-likeness (QED) is 0.795. The minimum atomic E-state index is -0.233. The lowest BCUT2D eigenvalue weighted by Gasteiger charge is -2.45. The number of carbonyl (C=O) groups is 1. The zero-order valence-electron chi connectivity index (χ0n) is 11.2. The molecule has 3 rings (SSSR count). The Hall–Kier alpha value is -0.610. The number of hydrogen-bond donors (Lipinski definition) is 1. The predicted octanol–water partition coefficient (Wildman–Crippen LogP) is 0.953. The molecule has 18 heavy (non-hydrogen) atoms. The third-order valence-electron chi connectivity index (χ3n) is 5.05. The zero-order chi connectivity index (χ0) is 12.5. The van der Waals surface area contributed by atoms with Gasteiger partial charge in [-0.1, -0.05) is 6.42 Å². The van der Waals surface area contributed by atoms with Crippen molar-refractivity contribution in [2.45, 2.75) is 63.1 Å². The molecule has 0 aromatic rings. The van der Waals surface area contributed by atoms with Gasteiger partial charge in [0.1, 0.15) is 0 Å². The number of rotatable bonds is 2. The molecule has 1 unspecified atom stereocenters. The molecule has 0 radical (unpaired) electrons. The highest BCUT2D eigenvalue weighted by atomic mass is 16.2. The fourth-order valence-electron chi connectivity index (χ4n) is 3.61. The Kier molecular flexibility index (Phi) is 3.57. The zero-order valence-corrected chi connectivity index (χ0v) is 11.2. The fraction of sp³-hybridized carbons (Fsp3) is 0.929. The number of piperidine rings is 2. The van der Waals surface area contributed by atoms with Crippen LogP contribution in [0.15, 0.2) is 0 Å². The van der Waals surface area contributed by atoms with Gasteiger partial charge in [-0.15, -0.1) is 0 Å². The molecule has 1 amide bonds. The van der Waals surface area contributed by atoms with Crippen molar-refractivity contribution in [1.82, 2.24) is 9.80 Å². The Balaban J connectivity index is 1.53. The van der Waals surface area contributed by atoms with Gasteiger partial charge in [-0.05, 0) is 38.5 Å². The second-order valence-corrected chi connectivity index (χ2v) is 6.13. The van der Waals surface area contributed by atoms with E-state index in [4.69, 9.17) is 5.73 Å². The Bertz CT molecular complexity index is 308. The van der Waals surface area contributed by atoms with Gasteiger partial charge < -0.3 is 15.5 Å². The maximum Gasteiger partial charge on any atom is 0.239 e. The van der Waals surface area contributed by atoms with Crippen LogP contribution < -0.4 is 5.73 Å². The van der Waals surface area contributed by atoms with Crippen LogP contribution in [-0.4, -0.2) is 53.5 Å². The van der Waals surface area contributed by atoms with Crippen LogP contribution in [0.5, 0.6) is 0 Å². The first-order valence-corrected chi connectivity index (χ1v) is 7.56. The molecule has 0 bridgehead atoms. The summed E-state index contributed by atoms with van der Waals surface area (Å²) in [4.78, 5) is 16.8. The van der Waals surface area contributed by atoms with Crippen LogP contribution in [0.25, 0.3) is 0 Å². The number of nitrogens with zero attached hydrogens (tertiary/aromatic N) is 2. The largest absolute Gasteiger partial charge is 0.338 e. The van der Waals surface area contributed by atoms with Crippen LogP contribution >= 0.6 is 0 Å². The van der Waals surface area contributed by atoms with Crippen molar-refractivity contribution in [3.63, 3.8) is 0 Å². The lowest BCUT2D eigenvalue weighted by Crippen LogP contribution is -2.56. The third-order valence-corrected chi connectivity index (χ3v) is 5.05. The van der Waals surface area contributed by atoms with Crippen molar-refractivity contribution in [3.05, 3.63) is 0 Å². The van der Waals surface area contributed by atoms with Gasteiger partial charge in [-0.25, -0.2) is 0 Å². The van der Waals surface area contributed by atoms with E-state index in [0.717, 1.165) is 38.3 Å². The summed E-state index contributed by atoms with van der Waals surface area (Å²) in [7, 11) is 0. The SMILES string of the molecule is NC1CCCN(C2CCN(C3CCC3)CC2)C1=O. The average molecular weight is 251 g/mol. The molecule has 1 atom stereocenters. The maximum absolute atomic E-state index is 12.1. The summed E-state index contributed by atoms with van der Waals surface area (Å²) in [5, 5.41) is 0. The average Bonchev–Trinajstić information content (AvgIpc) is 2.32. The van der Waals surface area contributed by atoms with Crippen molar-refractivity contribution < 1.29 is 4.79 Å². The molecule has 2 saturated heterocycles. The first kappa shape index (κ1) is 12.4. The molecule has 4 heteroatoms. The lowest BCUT2D eigenvalue weighted by atomic mass is 9.89. The van der Waals surface area contributed by atoms with Gasteiger partial charge in [0.15, 0.2) is 0 Å². The van der Waals surface area contributed by atoms with Crippen molar-refractivity contribution >= 4 is 5.91 Å². The van der Waals surface area contributed by atoms with Crippen molar-refractivity contribution in [2.24, 2.45) is 5.73 Å². The molecule has 3 fully saturated rings. The van der Waals surface area contributed by atoms with Crippen molar-refractivity contribution in [3.8, 4) is 0 Å². The monoisotopic (exact) mass is 251 g/mol. The normalized spacial score (nSPS) is 32.6. The molecule has 102 valence electrons. The van der Waals surface area contributed by atoms with Crippen molar-refractivity contribution in [1.29, 1.82) is 0 Å². The van der Waals surface area contributed by atoms with Gasteiger partial charge >= 0.3 is 0 Å². The maximum atomic E-state index is 12.1. The summed E-state index contributed by atoms with van der Waals surface area (Å²) >= 11 is 0. The minimum Gasteiger partial charge on any atom is -0.338 e. The van der Waals surface area contributed by atoms with E-state index in [-0.39, 0.29) is 11.9 Å². The van der Waals surface area contributed by atoms with E-state index in [1.807, 2.05) is 0 Å². The molecular formula is C14H25N3O. The smallest absolute Gasteiger partial charge is 0.239 e. The van der Waals surface area contributed by atoms with Crippen LogP contribution in [0, 0.1) is 0 Å². The van der Waals surface area contributed by atoms with Gasteiger partial charge in [0.2, 0.25) is 5.91 Å². The van der Waals surface area contributed by atoms with Gasteiger partial charge in [0.25, 0.3) is 0 Å². The highest BCUT2D eigenvalue weighted by Crippen LogP contribution is 2.29. The molecule has 2 aliphatic heterocycles. The molecule has 2 heterocycles. The standard InChI is InChI=1S/C14H25N3O/c15-13-5-2-8-17(14(13)18)12-6-9-16(10-7-12)11-3-1-4-11/h11-13H,1-10,15H2. The van der Waals surface area contributed by atoms with Crippen LogP contribution in [0.4, 0.5) is 0 Å². The summed E-state index contributed by atoms with van der Waals surface area (Å²) in [5.74, 6) is 0.198. The van der Waals surface area contributed by atoms with E-state index in [1.54, 1.807) is 0 Å². The van der Waals surface area contributed by atoms with Crippen LogP contribution in [0.1, 0.15) is 44.9 Å². The highest BCUT2D eigenvalue weighted by Gasteiger charge is 2.35. The van der Waals surface area contributed by atoms with Crippen LogP contribution in [-0.2, 0) is 4.79 Å².